The average molecular weight is 214 g/mol. The van der Waals surface area contributed by atoms with E-state index in [1.807, 2.05) is 24.3 Å². The van der Waals surface area contributed by atoms with E-state index in [0.717, 1.165) is 24.1 Å². The fourth-order valence-corrected chi connectivity index (χ4v) is 0.941. The summed E-state index contributed by atoms with van der Waals surface area (Å²) in [6, 6.07) is 10.5. The Morgan fingerprint density at radius 2 is 2.09 bits per heavy atom. The number of ether oxygens (including phenoxy) is 1. The Morgan fingerprint density at radius 3 is 2.73 bits per heavy atom. The third kappa shape index (κ3) is 3.42. The summed E-state index contributed by atoms with van der Waals surface area (Å²) in [5, 5.41) is 0.992. The fraction of sp³-hybridized carbons (Fsp3) is 0.333. The van der Waals surface area contributed by atoms with Crippen LogP contribution >= 0.6 is 15.9 Å². The first-order chi connectivity index (χ1) is 5.43. The van der Waals surface area contributed by atoms with Gasteiger partial charge in [0.2, 0.25) is 0 Å². The molecule has 0 atom stereocenters. The van der Waals surface area contributed by atoms with Crippen LogP contribution in [0.25, 0.3) is 0 Å². The van der Waals surface area contributed by atoms with Gasteiger partial charge < -0.3 is 4.74 Å². The van der Waals surface area contributed by atoms with E-state index in [9.17, 15) is 0 Å². The summed E-state index contributed by atoms with van der Waals surface area (Å²) in [5.41, 5.74) is 0. The molecule has 0 saturated heterocycles. The Hall–Kier alpha value is -0.500. The Bertz CT molecular complexity index is 186. The van der Waals surface area contributed by atoms with Gasteiger partial charge in [0.15, 0.2) is 0 Å². The standard InChI is InChI=1S/C9H10BrO/c10-7-4-8-11-9-5-2-1-3-6-9/h2-3,5-6H,4,7-8H2. The van der Waals surface area contributed by atoms with Gasteiger partial charge in [0.1, 0.15) is 5.75 Å². The lowest BCUT2D eigenvalue weighted by atomic mass is 10.3. The van der Waals surface area contributed by atoms with E-state index in [4.69, 9.17) is 4.74 Å². The van der Waals surface area contributed by atoms with Crippen LogP contribution in [0, 0.1) is 6.07 Å². The van der Waals surface area contributed by atoms with Crippen LogP contribution < -0.4 is 4.74 Å². The topological polar surface area (TPSA) is 9.23 Å². The molecule has 2 heteroatoms. The second-order valence-corrected chi connectivity index (χ2v) is 2.92. The molecule has 1 rings (SSSR count). The van der Waals surface area contributed by atoms with Crippen molar-refractivity contribution >= 4 is 15.9 Å². The van der Waals surface area contributed by atoms with Gasteiger partial charge in [0.25, 0.3) is 0 Å². The maximum Gasteiger partial charge on any atom is 0.119 e. The second kappa shape index (κ2) is 5.19. The number of alkyl halides is 1. The molecule has 1 nitrogen and oxygen atoms in total. The van der Waals surface area contributed by atoms with Gasteiger partial charge in [0, 0.05) is 5.33 Å². The molecular formula is C9H10BrO. The first-order valence-corrected chi connectivity index (χ1v) is 4.70. The van der Waals surface area contributed by atoms with Crippen LogP contribution in [0.4, 0.5) is 0 Å². The molecule has 0 aliphatic rings. The van der Waals surface area contributed by atoms with Crippen LogP contribution in [-0.2, 0) is 0 Å². The van der Waals surface area contributed by atoms with Gasteiger partial charge in [-0.3, -0.25) is 0 Å². The minimum atomic E-state index is 0.773. The van der Waals surface area contributed by atoms with Crippen LogP contribution in [0.15, 0.2) is 24.3 Å². The first kappa shape index (κ1) is 8.60. The molecule has 0 unspecified atom stereocenters. The lowest BCUT2D eigenvalue weighted by Crippen LogP contribution is -1.96. The summed E-state index contributed by atoms with van der Waals surface area (Å²) < 4.78 is 5.40. The number of rotatable bonds is 4. The summed E-state index contributed by atoms with van der Waals surface area (Å²) in [7, 11) is 0. The van der Waals surface area contributed by atoms with E-state index in [0.29, 0.717) is 0 Å². The molecule has 0 heterocycles. The van der Waals surface area contributed by atoms with Crippen molar-refractivity contribution in [3.8, 4) is 5.75 Å². The molecule has 0 saturated carbocycles. The normalized spacial score (nSPS) is 9.55. The highest BCUT2D eigenvalue weighted by Gasteiger charge is 1.89. The highest BCUT2D eigenvalue weighted by molar-refractivity contribution is 9.09. The maximum absolute atomic E-state index is 5.40. The van der Waals surface area contributed by atoms with Gasteiger partial charge >= 0.3 is 0 Å². The molecule has 0 fully saturated rings. The molecule has 11 heavy (non-hydrogen) atoms. The average Bonchev–Trinajstić information content (AvgIpc) is 2.07. The summed E-state index contributed by atoms with van der Waals surface area (Å²) in [4.78, 5) is 0. The van der Waals surface area contributed by atoms with Gasteiger partial charge in [0.05, 0.1) is 6.61 Å². The van der Waals surface area contributed by atoms with Crippen LogP contribution in [0.2, 0.25) is 0 Å². The Balaban J connectivity index is 2.28. The second-order valence-electron chi connectivity index (χ2n) is 2.13. The molecule has 59 valence electrons. The van der Waals surface area contributed by atoms with Crippen molar-refractivity contribution < 1.29 is 4.74 Å². The monoisotopic (exact) mass is 213 g/mol. The summed E-state index contributed by atoms with van der Waals surface area (Å²) >= 11 is 3.34. The highest BCUT2D eigenvalue weighted by Crippen LogP contribution is 2.07. The maximum atomic E-state index is 5.40. The van der Waals surface area contributed by atoms with Crippen molar-refractivity contribution in [2.45, 2.75) is 6.42 Å². The molecule has 1 aromatic carbocycles. The van der Waals surface area contributed by atoms with Crippen LogP contribution in [-0.4, -0.2) is 11.9 Å². The van der Waals surface area contributed by atoms with Crippen molar-refractivity contribution in [2.24, 2.45) is 0 Å². The van der Waals surface area contributed by atoms with Crippen molar-refractivity contribution in [2.75, 3.05) is 11.9 Å². The molecule has 0 spiro atoms. The number of benzene rings is 1. The van der Waals surface area contributed by atoms with Gasteiger partial charge in [-0.2, -0.15) is 0 Å². The van der Waals surface area contributed by atoms with Crippen LogP contribution in [0.3, 0.4) is 0 Å². The van der Waals surface area contributed by atoms with Crippen molar-refractivity contribution in [3.63, 3.8) is 0 Å². The zero-order valence-electron chi connectivity index (χ0n) is 6.22. The zero-order valence-corrected chi connectivity index (χ0v) is 7.80. The highest BCUT2D eigenvalue weighted by atomic mass is 79.9. The zero-order chi connectivity index (χ0) is 7.94. The molecule has 1 aromatic rings. The minimum Gasteiger partial charge on any atom is -0.494 e. The molecule has 0 bridgehead atoms. The third-order valence-electron chi connectivity index (χ3n) is 1.23. The van der Waals surface area contributed by atoms with Crippen LogP contribution in [0.5, 0.6) is 5.75 Å². The Kier molecular flexibility index (Phi) is 4.06. The first-order valence-electron chi connectivity index (χ1n) is 3.58. The van der Waals surface area contributed by atoms with Crippen molar-refractivity contribution in [1.82, 2.24) is 0 Å². The molecule has 0 aromatic heterocycles. The quantitative estimate of drug-likeness (QED) is 0.553. The molecular weight excluding hydrogens is 204 g/mol. The van der Waals surface area contributed by atoms with Crippen molar-refractivity contribution in [3.05, 3.63) is 30.3 Å². The lowest BCUT2D eigenvalue weighted by molar-refractivity contribution is 0.319. The molecule has 1 radical (unpaired) electrons. The lowest BCUT2D eigenvalue weighted by Gasteiger charge is -2.02. The number of hydrogen-bond acceptors (Lipinski definition) is 1. The summed E-state index contributed by atoms with van der Waals surface area (Å²) in [5.74, 6) is 0.921. The summed E-state index contributed by atoms with van der Waals surface area (Å²) in [6.45, 7) is 0.773. The van der Waals surface area contributed by atoms with E-state index in [2.05, 4.69) is 22.0 Å². The van der Waals surface area contributed by atoms with E-state index in [1.165, 1.54) is 0 Å². The predicted molar refractivity (Wildman–Crippen MR) is 49.2 cm³/mol. The van der Waals surface area contributed by atoms with E-state index < -0.39 is 0 Å². The van der Waals surface area contributed by atoms with Gasteiger partial charge in [-0.05, 0) is 24.6 Å². The largest absolute Gasteiger partial charge is 0.494 e. The van der Waals surface area contributed by atoms with E-state index >= 15 is 0 Å². The fourth-order valence-electron chi connectivity index (χ4n) is 0.712. The minimum absolute atomic E-state index is 0.773. The number of hydrogen-bond donors (Lipinski definition) is 0. The molecule has 0 aliphatic heterocycles. The van der Waals surface area contributed by atoms with Gasteiger partial charge in [-0.1, -0.05) is 28.1 Å². The smallest absolute Gasteiger partial charge is 0.119 e. The number of halogens is 1. The third-order valence-corrected chi connectivity index (χ3v) is 1.80. The molecule has 0 aliphatic carbocycles. The SMILES string of the molecule is BrCCCOc1cc[c]cc1. The van der Waals surface area contributed by atoms with Crippen LogP contribution in [0.1, 0.15) is 6.42 Å². The van der Waals surface area contributed by atoms with E-state index in [1.54, 1.807) is 0 Å². The Labute approximate surface area is 75.5 Å². The molecule has 0 amide bonds. The van der Waals surface area contributed by atoms with Crippen molar-refractivity contribution in [1.29, 1.82) is 0 Å². The van der Waals surface area contributed by atoms with Gasteiger partial charge in [-0.15, -0.1) is 0 Å². The van der Waals surface area contributed by atoms with Gasteiger partial charge in [-0.25, -0.2) is 0 Å². The van der Waals surface area contributed by atoms with E-state index in [-0.39, 0.29) is 0 Å². The predicted octanol–water partition coefficient (Wildman–Crippen LogP) is 2.65. The Morgan fingerprint density at radius 1 is 1.36 bits per heavy atom. The molecule has 0 N–H and O–H groups in total. The summed E-state index contributed by atoms with van der Waals surface area (Å²) in [6.07, 6.45) is 1.04.